The van der Waals surface area contributed by atoms with E-state index in [1.54, 1.807) is 0 Å². The lowest BCUT2D eigenvalue weighted by Crippen LogP contribution is -2.37. The molecule has 0 aromatic carbocycles. The molecule has 0 saturated heterocycles. The first-order valence-electron chi connectivity index (χ1n) is 4.44. The van der Waals surface area contributed by atoms with Crippen molar-refractivity contribution in [3.05, 3.63) is 0 Å². The summed E-state index contributed by atoms with van der Waals surface area (Å²) >= 11 is 0. The first-order valence-corrected chi connectivity index (χ1v) is 5.92. The molecule has 0 amide bonds. The number of rotatable bonds is 7. The summed E-state index contributed by atoms with van der Waals surface area (Å²) in [5, 5.41) is 0. The zero-order valence-electron chi connectivity index (χ0n) is 8.21. The predicted octanol–water partition coefficient (Wildman–Crippen LogP) is -0.585. The molecule has 0 fully saturated rings. The molecule has 0 bridgehead atoms. The summed E-state index contributed by atoms with van der Waals surface area (Å²) < 4.78 is 26.6. The normalized spacial score (nSPS) is 14.4. The average Bonchev–Trinajstić information content (AvgIpc) is 2.12. The maximum atomic E-state index is 11.0. The van der Waals surface area contributed by atoms with Crippen molar-refractivity contribution in [3.8, 4) is 0 Å². The van der Waals surface area contributed by atoms with Crippen LogP contribution >= 0.6 is 0 Å². The lowest BCUT2D eigenvalue weighted by atomic mass is 10.0. The molecule has 0 heterocycles. The molecule has 1 unspecified atom stereocenters. The van der Waals surface area contributed by atoms with Gasteiger partial charge < -0.3 is 5.73 Å². The van der Waals surface area contributed by atoms with Gasteiger partial charge in [0.15, 0.2) is 0 Å². The topological polar surface area (TPSA) is 84.2 Å². The summed E-state index contributed by atoms with van der Waals surface area (Å²) in [5.41, 5.74) is 5.38. The summed E-state index contributed by atoms with van der Waals surface area (Å²) in [7, 11) is -1.90. The Morgan fingerprint density at radius 1 is 1.46 bits per heavy atom. The van der Waals surface area contributed by atoms with E-state index >= 15 is 0 Å². The van der Waals surface area contributed by atoms with E-state index in [1.165, 1.54) is 7.05 Å². The highest BCUT2D eigenvalue weighted by Gasteiger charge is 2.10. The molecule has 0 radical (unpaired) electrons. The van der Waals surface area contributed by atoms with E-state index in [1.807, 2.05) is 6.92 Å². The van der Waals surface area contributed by atoms with Crippen LogP contribution in [0.15, 0.2) is 0 Å². The zero-order chi connectivity index (χ0) is 10.3. The van der Waals surface area contributed by atoms with Gasteiger partial charge in [0.05, 0.1) is 0 Å². The van der Waals surface area contributed by atoms with Gasteiger partial charge in [0.1, 0.15) is 0 Å². The van der Waals surface area contributed by atoms with Crippen LogP contribution in [0.4, 0.5) is 0 Å². The Morgan fingerprint density at radius 2 is 2.08 bits per heavy atom. The zero-order valence-corrected chi connectivity index (χ0v) is 9.02. The molecule has 13 heavy (non-hydrogen) atoms. The molecule has 0 rings (SSSR count). The van der Waals surface area contributed by atoms with Crippen LogP contribution < -0.4 is 15.2 Å². The van der Waals surface area contributed by atoms with Crippen LogP contribution in [0.25, 0.3) is 0 Å². The van der Waals surface area contributed by atoms with Gasteiger partial charge in [0.25, 0.3) is 10.2 Å². The van der Waals surface area contributed by atoms with E-state index in [2.05, 4.69) is 9.44 Å². The summed E-state index contributed by atoms with van der Waals surface area (Å²) in [5.74, 6) is 0.327. The third-order valence-corrected chi connectivity index (χ3v) is 3.07. The SMILES string of the molecule is CCC(CCN)CNS(=O)(=O)NC. The van der Waals surface area contributed by atoms with Crippen LogP contribution in [-0.2, 0) is 10.2 Å². The summed E-state index contributed by atoms with van der Waals surface area (Å²) in [6, 6.07) is 0. The summed E-state index contributed by atoms with van der Waals surface area (Å²) in [4.78, 5) is 0. The molecule has 0 aromatic heterocycles. The van der Waals surface area contributed by atoms with Gasteiger partial charge in [-0.15, -0.1) is 0 Å². The number of hydrogen-bond acceptors (Lipinski definition) is 3. The molecule has 0 aromatic rings. The monoisotopic (exact) mass is 209 g/mol. The molecular formula is C7H19N3O2S. The van der Waals surface area contributed by atoms with Crippen LogP contribution in [-0.4, -0.2) is 28.6 Å². The Balaban J connectivity index is 3.84. The minimum Gasteiger partial charge on any atom is -0.330 e. The third-order valence-electron chi connectivity index (χ3n) is 1.98. The molecule has 80 valence electrons. The highest BCUT2D eigenvalue weighted by Crippen LogP contribution is 2.05. The minimum atomic E-state index is -3.28. The first-order chi connectivity index (χ1) is 6.05. The van der Waals surface area contributed by atoms with Crippen molar-refractivity contribution in [2.45, 2.75) is 19.8 Å². The second kappa shape index (κ2) is 6.31. The van der Waals surface area contributed by atoms with Crippen molar-refractivity contribution < 1.29 is 8.42 Å². The molecular weight excluding hydrogens is 190 g/mol. The highest BCUT2D eigenvalue weighted by atomic mass is 32.2. The van der Waals surface area contributed by atoms with Crippen LogP contribution in [0.3, 0.4) is 0 Å². The van der Waals surface area contributed by atoms with E-state index in [0.29, 0.717) is 19.0 Å². The van der Waals surface area contributed by atoms with Crippen LogP contribution in [0.1, 0.15) is 19.8 Å². The van der Waals surface area contributed by atoms with Gasteiger partial charge in [-0.05, 0) is 18.9 Å². The average molecular weight is 209 g/mol. The fraction of sp³-hybridized carbons (Fsp3) is 1.00. The Morgan fingerprint density at radius 3 is 2.46 bits per heavy atom. The molecule has 0 aliphatic heterocycles. The molecule has 5 nitrogen and oxygen atoms in total. The molecule has 0 saturated carbocycles. The van der Waals surface area contributed by atoms with E-state index in [4.69, 9.17) is 5.73 Å². The number of nitrogens with two attached hydrogens (primary N) is 1. The first kappa shape index (κ1) is 12.8. The number of nitrogens with one attached hydrogen (secondary N) is 2. The van der Waals surface area contributed by atoms with Gasteiger partial charge in [-0.1, -0.05) is 13.3 Å². The van der Waals surface area contributed by atoms with Crippen molar-refractivity contribution >= 4 is 10.2 Å². The highest BCUT2D eigenvalue weighted by molar-refractivity contribution is 7.87. The van der Waals surface area contributed by atoms with Gasteiger partial charge >= 0.3 is 0 Å². The minimum absolute atomic E-state index is 0.327. The maximum absolute atomic E-state index is 11.0. The van der Waals surface area contributed by atoms with Crippen molar-refractivity contribution in [3.63, 3.8) is 0 Å². The Hall–Kier alpha value is -0.170. The van der Waals surface area contributed by atoms with Crippen LogP contribution in [0.2, 0.25) is 0 Å². The fourth-order valence-electron chi connectivity index (χ4n) is 0.986. The fourth-order valence-corrected chi connectivity index (χ4v) is 1.59. The predicted molar refractivity (Wildman–Crippen MR) is 53.4 cm³/mol. The largest absolute Gasteiger partial charge is 0.330 e. The Kier molecular flexibility index (Phi) is 6.23. The van der Waals surface area contributed by atoms with Crippen molar-refractivity contribution in [1.29, 1.82) is 0 Å². The van der Waals surface area contributed by atoms with Gasteiger partial charge in [0, 0.05) is 13.6 Å². The Labute approximate surface area is 80.3 Å². The van der Waals surface area contributed by atoms with E-state index in [0.717, 1.165) is 12.8 Å². The molecule has 6 heteroatoms. The summed E-state index contributed by atoms with van der Waals surface area (Å²) in [6.07, 6.45) is 1.78. The third kappa shape index (κ3) is 5.98. The van der Waals surface area contributed by atoms with E-state index in [-0.39, 0.29) is 0 Å². The summed E-state index contributed by atoms with van der Waals surface area (Å²) in [6.45, 7) is 3.07. The van der Waals surface area contributed by atoms with E-state index < -0.39 is 10.2 Å². The quantitative estimate of drug-likeness (QED) is 0.524. The van der Waals surface area contributed by atoms with Gasteiger partial charge in [-0.25, -0.2) is 9.44 Å². The maximum Gasteiger partial charge on any atom is 0.276 e. The van der Waals surface area contributed by atoms with Gasteiger partial charge in [-0.3, -0.25) is 0 Å². The second-order valence-corrected chi connectivity index (χ2v) is 4.61. The molecule has 0 aliphatic carbocycles. The standard InChI is InChI=1S/C7H19N3O2S/c1-3-7(4-5-8)6-10-13(11,12)9-2/h7,9-10H,3-6,8H2,1-2H3. The molecule has 1 atom stereocenters. The van der Waals surface area contributed by atoms with Crippen molar-refractivity contribution in [1.82, 2.24) is 9.44 Å². The van der Waals surface area contributed by atoms with Gasteiger partial charge in [0.2, 0.25) is 0 Å². The van der Waals surface area contributed by atoms with Crippen molar-refractivity contribution in [2.75, 3.05) is 20.1 Å². The van der Waals surface area contributed by atoms with Gasteiger partial charge in [-0.2, -0.15) is 8.42 Å². The van der Waals surface area contributed by atoms with Crippen LogP contribution in [0.5, 0.6) is 0 Å². The molecule has 4 N–H and O–H groups in total. The second-order valence-electron chi connectivity index (χ2n) is 2.91. The Bertz CT molecular complexity index is 216. The van der Waals surface area contributed by atoms with Crippen LogP contribution in [0, 0.1) is 5.92 Å². The lowest BCUT2D eigenvalue weighted by molar-refractivity contribution is 0.464. The smallest absolute Gasteiger partial charge is 0.276 e. The van der Waals surface area contributed by atoms with Crippen molar-refractivity contribution in [2.24, 2.45) is 11.7 Å². The molecule has 0 spiro atoms. The number of hydrogen-bond donors (Lipinski definition) is 3. The molecule has 0 aliphatic rings. The van der Waals surface area contributed by atoms with E-state index in [9.17, 15) is 8.42 Å². The lowest BCUT2D eigenvalue weighted by Gasteiger charge is -2.13.